The first-order valence-corrected chi connectivity index (χ1v) is 5.85. The lowest BCUT2D eigenvalue weighted by Gasteiger charge is -2.04. The third kappa shape index (κ3) is 2.29. The minimum Gasteiger partial charge on any atom is -0.354 e. The van der Waals surface area contributed by atoms with Crippen LogP contribution in [0.4, 0.5) is 5.95 Å². The van der Waals surface area contributed by atoms with Gasteiger partial charge in [0, 0.05) is 36.4 Å². The fourth-order valence-corrected chi connectivity index (χ4v) is 1.79. The third-order valence-electron chi connectivity index (χ3n) is 2.72. The summed E-state index contributed by atoms with van der Waals surface area (Å²) in [4.78, 5) is 15.8. The molecule has 0 saturated carbocycles. The van der Waals surface area contributed by atoms with E-state index in [1.54, 1.807) is 6.33 Å². The number of benzene rings is 1. The van der Waals surface area contributed by atoms with Crippen molar-refractivity contribution in [3.63, 3.8) is 0 Å². The van der Waals surface area contributed by atoms with Crippen LogP contribution in [0.5, 0.6) is 0 Å². The molecule has 0 spiro atoms. The first-order chi connectivity index (χ1) is 8.92. The summed E-state index contributed by atoms with van der Waals surface area (Å²) >= 11 is 0. The zero-order chi connectivity index (χ0) is 12.2. The van der Waals surface area contributed by atoms with Gasteiger partial charge in [-0.05, 0) is 6.07 Å². The number of aromatic amines is 1. The van der Waals surface area contributed by atoms with Crippen molar-refractivity contribution >= 4 is 16.9 Å². The molecule has 18 heavy (non-hydrogen) atoms. The van der Waals surface area contributed by atoms with Gasteiger partial charge < -0.3 is 10.3 Å². The van der Waals surface area contributed by atoms with E-state index in [4.69, 9.17) is 0 Å². The Morgan fingerprint density at radius 1 is 1.17 bits per heavy atom. The van der Waals surface area contributed by atoms with Gasteiger partial charge in [0.15, 0.2) is 0 Å². The topological polar surface area (TPSA) is 66.5 Å². The van der Waals surface area contributed by atoms with Gasteiger partial charge in [-0.15, -0.1) is 0 Å². The zero-order valence-electron chi connectivity index (χ0n) is 9.80. The van der Waals surface area contributed by atoms with Crippen LogP contribution in [0.1, 0.15) is 5.69 Å². The van der Waals surface area contributed by atoms with E-state index in [2.05, 4.69) is 25.3 Å². The Balaban J connectivity index is 1.67. The summed E-state index contributed by atoms with van der Waals surface area (Å²) in [6.07, 6.45) is 6.21. The van der Waals surface area contributed by atoms with E-state index >= 15 is 0 Å². The van der Waals surface area contributed by atoms with E-state index in [0.29, 0.717) is 5.95 Å². The monoisotopic (exact) mass is 239 g/mol. The average molecular weight is 239 g/mol. The van der Waals surface area contributed by atoms with E-state index in [1.165, 1.54) is 0 Å². The van der Waals surface area contributed by atoms with Crippen molar-refractivity contribution in [2.75, 3.05) is 11.9 Å². The molecule has 0 fully saturated rings. The van der Waals surface area contributed by atoms with Gasteiger partial charge in [-0.25, -0.2) is 15.0 Å². The lowest BCUT2D eigenvalue weighted by molar-refractivity contribution is 0.957. The first kappa shape index (κ1) is 10.7. The maximum atomic E-state index is 4.45. The number of nitrogens with zero attached hydrogens (tertiary/aromatic N) is 3. The Morgan fingerprint density at radius 2 is 2.11 bits per heavy atom. The van der Waals surface area contributed by atoms with Crippen molar-refractivity contribution in [2.24, 2.45) is 0 Å². The van der Waals surface area contributed by atoms with Crippen LogP contribution in [-0.2, 0) is 6.42 Å². The maximum Gasteiger partial charge on any atom is 0.223 e. The fraction of sp³-hybridized carbons (Fsp3) is 0.154. The molecule has 0 bridgehead atoms. The molecule has 90 valence electrons. The second kappa shape index (κ2) is 4.83. The normalized spacial score (nSPS) is 10.7. The van der Waals surface area contributed by atoms with E-state index in [1.807, 2.05) is 36.7 Å². The number of aromatic nitrogens is 4. The molecule has 3 rings (SSSR count). The number of fused-ring (bicyclic) bond motifs is 1. The molecule has 3 aromatic rings. The third-order valence-corrected chi connectivity index (χ3v) is 2.72. The molecule has 0 aliphatic heterocycles. The van der Waals surface area contributed by atoms with Crippen LogP contribution in [0.25, 0.3) is 10.9 Å². The number of hydrogen-bond acceptors (Lipinski definition) is 4. The standard InChI is InChI=1S/C13H13N5/c1-2-4-12-10(3-1)7-16-13(18-12)15-6-5-11-8-14-9-17-11/h1-4,7-9H,5-6H2,(H,14,17)(H,15,16,18). The molecule has 0 aliphatic carbocycles. The van der Waals surface area contributed by atoms with Gasteiger partial charge in [-0.1, -0.05) is 18.2 Å². The summed E-state index contributed by atoms with van der Waals surface area (Å²) in [5, 5.41) is 4.26. The molecule has 0 amide bonds. The van der Waals surface area contributed by atoms with Crippen LogP contribution in [0, 0.1) is 0 Å². The van der Waals surface area contributed by atoms with Crippen molar-refractivity contribution in [3.05, 3.63) is 48.7 Å². The lowest BCUT2D eigenvalue weighted by atomic mass is 10.2. The Kier molecular flexibility index (Phi) is 2.87. The fourth-order valence-electron chi connectivity index (χ4n) is 1.79. The highest BCUT2D eigenvalue weighted by Gasteiger charge is 1.99. The SMILES string of the molecule is c1ccc2nc(NCCc3cnc[nH]3)ncc2c1. The highest BCUT2D eigenvalue weighted by Crippen LogP contribution is 2.11. The maximum absolute atomic E-state index is 4.45. The summed E-state index contributed by atoms with van der Waals surface area (Å²) in [6.45, 7) is 0.778. The summed E-state index contributed by atoms with van der Waals surface area (Å²) in [7, 11) is 0. The number of anilines is 1. The van der Waals surface area contributed by atoms with E-state index in [0.717, 1.165) is 29.6 Å². The Labute approximate surface area is 104 Å². The Bertz CT molecular complexity index is 633. The van der Waals surface area contributed by atoms with E-state index < -0.39 is 0 Å². The van der Waals surface area contributed by atoms with Crippen LogP contribution in [0.3, 0.4) is 0 Å². The van der Waals surface area contributed by atoms with Gasteiger partial charge in [0.25, 0.3) is 0 Å². The molecule has 2 aromatic heterocycles. The highest BCUT2D eigenvalue weighted by atomic mass is 15.1. The first-order valence-electron chi connectivity index (χ1n) is 5.85. The van der Waals surface area contributed by atoms with Crippen molar-refractivity contribution in [3.8, 4) is 0 Å². The molecule has 1 aromatic carbocycles. The Morgan fingerprint density at radius 3 is 3.00 bits per heavy atom. The van der Waals surface area contributed by atoms with Gasteiger partial charge >= 0.3 is 0 Å². The molecule has 0 unspecified atom stereocenters. The largest absolute Gasteiger partial charge is 0.354 e. The van der Waals surface area contributed by atoms with Crippen LogP contribution in [0.2, 0.25) is 0 Å². The molecular weight excluding hydrogens is 226 g/mol. The second-order valence-electron chi connectivity index (χ2n) is 4.01. The highest BCUT2D eigenvalue weighted by molar-refractivity contribution is 5.78. The average Bonchev–Trinajstić information content (AvgIpc) is 2.92. The van der Waals surface area contributed by atoms with E-state index in [9.17, 15) is 0 Å². The van der Waals surface area contributed by atoms with Crippen LogP contribution < -0.4 is 5.32 Å². The Hall–Kier alpha value is -2.43. The van der Waals surface area contributed by atoms with Crippen LogP contribution in [0.15, 0.2) is 43.0 Å². The van der Waals surface area contributed by atoms with Crippen molar-refractivity contribution in [1.82, 2.24) is 19.9 Å². The zero-order valence-corrected chi connectivity index (χ0v) is 9.80. The van der Waals surface area contributed by atoms with Gasteiger partial charge in [0.2, 0.25) is 5.95 Å². The molecule has 0 aliphatic rings. The summed E-state index contributed by atoms with van der Waals surface area (Å²) < 4.78 is 0. The summed E-state index contributed by atoms with van der Waals surface area (Å²) in [6, 6.07) is 7.95. The molecule has 5 nitrogen and oxygen atoms in total. The molecule has 0 atom stereocenters. The van der Waals surface area contributed by atoms with Gasteiger partial charge in [0.1, 0.15) is 0 Å². The van der Waals surface area contributed by atoms with Gasteiger partial charge in [0.05, 0.1) is 11.8 Å². The number of H-pyrrole nitrogens is 1. The number of hydrogen-bond donors (Lipinski definition) is 2. The molecular formula is C13H13N5. The summed E-state index contributed by atoms with van der Waals surface area (Å²) in [5.41, 5.74) is 2.06. The smallest absolute Gasteiger partial charge is 0.223 e. The minimum absolute atomic E-state index is 0.660. The molecule has 0 saturated heterocycles. The number of para-hydroxylation sites is 1. The minimum atomic E-state index is 0.660. The predicted molar refractivity (Wildman–Crippen MR) is 70.3 cm³/mol. The molecule has 2 heterocycles. The molecule has 0 radical (unpaired) electrons. The van der Waals surface area contributed by atoms with Gasteiger partial charge in [-0.3, -0.25) is 0 Å². The number of imidazole rings is 1. The second-order valence-corrected chi connectivity index (χ2v) is 4.01. The number of nitrogens with one attached hydrogen (secondary N) is 2. The summed E-state index contributed by atoms with van der Waals surface area (Å²) in [5.74, 6) is 0.660. The van der Waals surface area contributed by atoms with Crippen LogP contribution in [-0.4, -0.2) is 26.5 Å². The van der Waals surface area contributed by atoms with Gasteiger partial charge in [-0.2, -0.15) is 0 Å². The quantitative estimate of drug-likeness (QED) is 0.731. The number of rotatable bonds is 4. The lowest BCUT2D eigenvalue weighted by Crippen LogP contribution is -2.08. The molecule has 2 N–H and O–H groups in total. The van der Waals surface area contributed by atoms with Crippen molar-refractivity contribution in [2.45, 2.75) is 6.42 Å². The molecule has 5 heteroatoms. The van der Waals surface area contributed by atoms with Crippen LogP contribution >= 0.6 is 0 Å². The van der Waals surface area contributed by atoms with Crippen molar-refractivity contribution in [1.29, 1.82) is 0 Å². The van der Waals surface area contributed by atoms with Crippen molar-refractivity contribution < 1.29 is 0 Å². The van der Waals surface area contributed by atoms with E-state index in [-0.39, 0.29) is 0 Å². The predicted octanol–water partition coefficient (Wildman–Crippen LogP) is 2.01.